The van der Waals surface area contributed by atoms with E-state index >= 15 is 0 Å². The Balaban J connectivity index is 1.30. The van der Waals surface area contributed by atoms with Crippen molar-refractivity contribution in [1.29, 1.82) is 0 Å². The largest absolute Gasteiger partial charge is 0.493 e. The van der Waals surface area contributed by atoms with E-state index in [0.717, 1.165) is 28.2 Å². The van der Waals surface area contributed by atoms with E-state index in [1.165, 1.54) is 25.3 Å². The number of ether oxygens (including phenoxy) is 4. The Kier molecular flexibility index (Phi) is 9.19. The van der Waals surface area contributed by atoms with E-state index in [-0.39, 0.29) is 17.9 Å². The van der Waals surface area contributed by atoms with Crippen molar-refractivity contribution in [2.45, 2.75) is 20.1 Å². The van der Waals surface area contributed by atoms with Crippen molar-refractivity contribution in [2.24, 2.45) is 0 Å². The third kappa shape index (κ3) is 6.87. The van der Waals surface area contributed by atoms with Gasteiger partial charge in [-0.15, -0.1) is 0 Å². The molecule has 9 nitrogen and oxygen atoms in total. The van der Waals surface area contributed by atoms with Gasteiger partial charge in [0.1, 0.15) is 24.6 Å². The number of barbiturate groups is 1. The fourth-order valence-electron chi connectivity index (χ4n) is 4.47. The zero-order valence-electron chi connectivity index (χ0n) is 24.0. The fraction of sp³-hybridized carbons (Fsp3) is 0.147. The van der Waals surface area contributed by atoms with Crippen molar-refractivity contribution in [3.63, 3.8) is 0 Å². The molecule has 0 aromatic heterocycles. The summed E-state index contributed by atoms with van der Waals surface area (Å²) in [5, 5.41) is 2.15. The number of halogens is 1. The number of hydrogen-bond donors (Lipinski definition) is 1. The molecule has 0 spiro atoms. The lowest BCUT2D eigenvalue weighted by molar-refractivity contribution is -0.122. The van der Waals surface area contributed by atoms with E-state index in [2.05, 4.69) is 5.32 Å². The standard InChI is InChI=1S/C34H29FN2O7/c1-3-42-31-19-24(10-16-29(31)43-20-22-7-5-4-6-8-22)21-44-28-15-9-23(18-30(28)41-2)17-27-32(38)36-34(40)37(33(27)39)26-13-11-25(35)12-14-26/h4-19H,3,20-21H2,1-2H3,(H,36,38,40)/b27-17+. The summed E-state index contributed by atoms with van der Waals surface area (Å²) in [5.41, 5.74) is 2.18. The van der Waals surface area contributed by atoms with Gasteiger partial charge in [-0.3, -0.25) is 14.9 Å². The number of benzene rings is 4. The number of nitrogens with one attached hydrogen (secondary N) is 1. The van der Waals surface area contributed by atoms with Crippen LogP contribution in [0.3, 0.4) is 0 Å². The van der Waals surface area contributed by atoms with Crippen LogP contribution in [0.5, 0.6) is 23.0 Å². The predicted octanol–water partition coefficient (Wildman–Crippen LogP) is 6.06. The number of methoxy groups -OCH3 is 1. The minimum absolute atomic E-state index is 0.122. The molecule has 5 rings (SSSR count). The van der Waals surface area contributed by atoms with Crippen LogP contribution in [0.2, 0.25) is 0 Å². The van der Waals surface area contributed by atoms with Crippen LogP contribution in [0.1, 0.15) is 23.6 Å². The number of amides is 4. The Bertz CT molecular complexity index is 1700. The summed E-state index contributed by atoms with van der Waals surface area (Å²) in [6.07, 6.45) is 1.34. The first-order valence-corrected chi connectivity index (χ1v) is 13.8. The highest BCUT2D eigenvalue weighted by molar-refractivity contribution is 6.39. The molecule has 0 radical (unpaired) electrons. The zero-order chi connectivity index (χ0) is 31.1. The Morgan fingerprint density at radius 3 is 2.14 bits per heavy atom. The van der Waals surface area contributed by atoms with E-state index in [1.807, 2.05) is 55.5 Å². The van der Waals surface area contributed by atoms with Gasteiger partial charge in [0.15, 0.2) is 23.0 Å². The van der Waals surface area contributed by atoms with Gasteiger partial charge in [0.2, 0.25) is 0 Å². The first-order valence-electron chi connectivity index (χ1n) is 13.8. The van der Waals surface area contributed by atoms with Crippen LogP contribution >= 0.6 is 0 Å². The lowest BCUT2D eigenvalue weighted by Crippen LogP contribution is -2.54. The smallest absolute Gasteiger partial charge is 0.335 e. The first-order chi connectivity index (χ1) is 21.4. The molecule has 4 amide bonds. The Morgan fingerprint density at radius 1 is 0.750 bits per heavy atom. The van der Waals surface area contributed by atoms with E-state index in [4.69, 9.17) is 18.9 Å². The average Bonchev–Trinajstić information content (AvgIpc) is 3.03. The maximum Gasteiger partial charge on any atom is 0.335 e. The van der Waals surface area contributed by atoms with Crippen LogP contribution in [-0.4, -0.2) is 31.6 Å². The molecule has 10 heteroatoms. The summed E-state index contributed by atoms with van der Waals surface area (Å²) in [6, 6.07) is 24.2. The molecule has 1 fully saturated rings. The summed E-state index contributed by atoms with van der Waals surface area (Å²) in [7, 11) is 1.47. The highest BCUT2D eigenvalue weighted by Gasteiger charge is 2.36. The zero-order valence-corrected chi connectivity index (χ0v) is 24.0. The molecular formula is C34H29FN2O7. The van der Waals surface area contributed by atoms with Crippen LogP contribution in [0.15, 0.2) is 96.6 Å². The number of anilines is 1. The Morgan fingerprint density at radius 2 is 1.43 bits per heavy atom. The average molecular weight is 597 g/mol. The molecule has 0 atom stereocenters. The monoisotopic (exact) mass is 596 g/mol. The third-order valence-corrected chi connectivity index (χ3v) is 6.62. The minimum Gasteiger partial charge on any atom is -0.493 e. The number of nitrogens with zero attached hydrogens (tertiary/aromatic N) is 1. The maximum absolute atomic E-state index is 13.4. The van der Waals surface area contributed by atoms with Gasteiger partial charge in [-0.05, 0) is 78.2 Å². The molecule has 1 heterocycles. The minimum atomic E-state index is -0.923. The second kappa shape index (κ2) is 13.6. The van der Waals surface area contributed by atoms with E-state index in [9.17, 15) is 18.8 Å². The van der Waals surface area contributed by atoms with Gasteiger partial charge in [0.05, 0.1) is 19.4 Å². The van der Waals surface area contributed by atoms with Crippen molar-refractivity contribution in [3.8, 4) is 23.0 Å². The maximum atomic E-state index is 13.4. The highest BCUT2D eigenvalue weighted by atomic mass is 19.1. The molecular weight excluding hydrogens is 567 g/mol. The lowest BCUT2D eigenvalue weighted by Gasteiger charge is -2.26. The number of carbonyl (C=O) groups is 3. The second-order valence-corrected chi connectivity index (χ2v) is 9.62. The van der Waals surface area contributed by atoms with Gasteiger partial charge in [-0.2, -0.15) is 0 Å². The molecule has 44 heavy (non-hydrogen) atoms. The summed E-state index contributed by atoms with van der Waals surface area (Å²) < 4.78 is 36.7. The molecule has 4 aromatic rings. The van der Waals surface area contributed by atoms with Crippen molar-refractivity contribution < 1.29 is 37.7 Å². The molecule has 4 aromatic carbocycles. The van der Waals surface area contributed by atoms with Crippen molar-refractivity contribution in [3.05, 3.63) is 119 Å². The molecule has 1 saturated heterocycles. The van der Waals surface area contributed by atoms with Crippen LogP contribution in [0.4, 0.5) is 14.9 Å². The van der Waals surface area contributed by atoms with Crippen LogP contribution in [-0.2, 0) is 22.8 Å². The second-order valence-electron chi connectivity index (χ2n) is 9.62. The molecule has 0 bridgehead atoms. The van der Waals surface area contributed by atoms with E-state index < -0.39 is 23.7 Å². The molecule has 1 N–H and O–H groups in total. The van der Waals surface area contributed by atoms with Gasteiger partial charge >= 0.3 is 6.03 Å². The summed E-state index contributed by atoms with van der Waals surface area (Å²) >= 11 is 0. The molecule has 0 saturated carbocycles. The quantitative estimate of drug-likeness (QED) is 0.166. The molecule has 1 aliphatic rings. The number of carbonyl (C=O) groups excluding carboxylic acids is 3. The summed E-state index contributed by atoms with van der Waals surface area (Å²) in [6.45, 7) is 2.97. The van der Waals surface area contributed by atoms with Crippen molar-refractivity contribution >= 4 is 29.6 Å². The van der Waals surface area contributed by atoms with E-state index in [1.54, 1.807) is 18.2 Å². The van der Waals surface area contributed by atoms with Crippen molar-refractivity contribution in [1.82, 2.24) is 5.32 Å². The van der Waals surface area contributed by atoms with Gasteiger partial charge < -0.3 is 18.9 Å². The van der Waals surface area contributed by atoms with Crippen molar-refractivity contribution in [2.75, 3.05) is 18.6 Å². The highest BCUT2D eigenvalue weighted by Crippen LogP contribution is 2.33. The molecule has 224 valence electrons. The summed E-state index contributed by atoms with van der Waals surface area (Å²) in [4.78, 5) is 38.9. The van der Waals surface area contributed by atoms with Crippen LogP contribution < -0.4 is 29.2 Å². The van der Waals surface area contributed by atoms with Gasteiger partial charge in [0.25, 0.3) is 11.8 Å². The number of hydrogen-bond acceptors (Lipinski definition) is 7. The fourth-order valence-corrected chi connectivity index (χ4v) is 4.47. The number of imide groups is 2. The van der Waals surface area contributed by atoms with Gasteiger partial charge in [-0.1, -0.05) is 42.5 Å². The topological polar surface area (TPSA) is 103 Å². The van der Waals surface area contributed by atoms with E-state index in [0.29, 0.717) is 41.8 Å². The number of urea groups is 1. The third-order valence-electron chi connectivity index (χ3n) is 6.62. The SMILES string of the molecule is CCOc1cc(COc2ccc(/C=C3\C(=O)NC(=O)N(c4ccc(F)cc4)C3=O)cc2OC)ccc1OCc1ccccc1. The van der Waals surface area contributed by atoms with Gasteiger partial charge in [0, 0.05) is 0 Å². The Labute approximate surface area is 253 Å². The predicted molar refractivity (Wildman–Crippen MR) is 161 cm³/mol. The summed E-state index contributed by atoms with van der Waals surface area (Å²) in [5.74, 6) is -0.205. The van der Waals surface area contributed by atoms with Crippen LogP contribution in [0.25, 0.3) is 6.08 Å². The molecule has 1 aliphatic heterocycles. The molecule has 0 aliphatic carbocycles. The Hall–Kier alpha value is -5.64. The first kappa shape index (κ1) is 29.8. The molecule has 0 unspecified atom stereocenters. The number of rotatable bonds is 11. The lowest BCUT2D eigenvalue weighted by atomic mass is 10.1. The normalized spacial score (nSPS) is 13.9. The van der Waals surface area contributed by atoms with Gasteiger partial charge in [-0.25, -0.2) is 14.1 Å². The van der Waals surface area contributed by atoms with Crippen LogP contribution in [0, 0.1) is 5.82 Å².